The Labute approximate surface area is 119 Å². The van der Waals surface area contributed by atoms with Crippen molar-refractivity contribution in [3.05, 3.63) is 16.1 Å². The van der Waals surface area contributed by atoms with Crippen LogP contribution in [0.5, 0.6) is 0 Å². The van der Waals surface area contributed by atoms with E-state index in [1.807, 2.05) is 5.38 Å². The number of carbonyl (C=O) groups is 1. The predicted molar refractivity (Wildman–Crippen MR) is 78.6 cm³/mol. The highest BCUT2D eigenvalue weighted by molar-refractivity contribution is 7.09. The van der Waals surface area contributed by atoms with E-state index in [4.69, 9.17) is 0 Å². The molecular formula is C14H23N3OS. The molecule has 2 N–H and O–H groups in total. The van der Waals surface area contributed by atoms with Crippen molar-refractivity contribution in [3.63, 3.8) is 0 Å². The monoisotopic (exact) mass is 281 g/mol. The van der Waals surface area contributed by atoms with Crippen LogP contribution >= 0.6 is 11.3 Å². The zero-order valence-corrected chi connectivity index (χ0v) is 12.8. The minimum absolute atomic E-state index is 0.0622. The van der Waals surface area contributed by atoms with Crippen molar-refractivity contribution >= 4 is 17.2 Å². The third-order valence-corrected chi connectivity index (χ3v) is 4.51. The molecule has 19 heavy (non-hydrogen) atoms. The first-order valence-corrected chi connectivity index (χ1v) is 7.78. The molecule has 1 aliphatic rings. The van der Waals surface area contributed by atoms with Crippen LogP contribution in [-0.4, -0.2) is 30.0 Å². The van der Waals surface area contributed by atoms with Gasteiger partial charge in [-0.15, -0.1) is 11.3 Å². The first kappa shape index (κ1) is 14.5. The van der Waals surface area contributed by atoms with Crippen molar-refractivity contribution in [2.75, 3.05) is 13.1 Å². The molecule has 2 rings (SSSR count). The molecule has 1 aromatic heterocycles. The van der Waals surface area contributed by atoms with Crippen molar-refractivity contribution in [2.24, 2.45) is 0 Å². The summed E-state index contributed by atoms with van der Waals surface area (Å²) in [6, 6.07) is 0.280. The van der Waals surface area contributed by atoms with Gasteiger partial charge in [0.1, 0.15) is 0 Å². The molecule has 1 atom stereocenters. The highest BCUT2D eigenvalue weighted by Gasteiger charge is 2.20. The topological polar surface area (TPSA) is 54.0 Å². The fourth-order valence-electron chi connectivity index (χ4n) is 2.15. The Morgan fingerprint density at radius 3 is 2.95 bits per heavy atom. The zero-order chi connectivity index (χ0) is 13.9. The molecule has 1 aliphatic heterocycles. The first-order chi connectivity index (χ1) is 8.95. The van der Waals surface area contributed by atoms with E-state index in [1.165, 1.54) is 0 Å². The number of amides is 1. The summed E-state index contributed by atoms with van der Waals surface area (Å²) in [6.45, 7) is 8.37. The molecule has 1 unspecified atom stereocenters. The minimum atomic E-state index is 0.0622. The Bertz CT molecular complexity index is 430. The number of hydrogen-bond acceptors (Lipinski definition) is 4. The molecule has 1 fully saturated rings. The smallest absolute Gasteiger partial charge is 0.226 e. The maximum atomic E-state index is 12.0. The normalized spacial score (nSPS) is 20.3. The lowest BCUT2D eigenvalue weighted by Gasteiger charge is -2.23. The molecule has 1 saturated heterocycles. The third-order valence-electron chi connectivity index (χ3n) is 3.20. The molecule has 2 heterocycles. The highest BCUT2D eigenvalue weighted by atomic mass is 32.1. The van der Waals surface area contributed by atoms with Gasteiger partial charge in [0.25, 0.3) is 0 Å². The summed E-state index contributed by atoms with van der Waals surface area (Å²) in [5.74, 6) is 0.0828. The van der Waals surface area contributed by atoms with Crippen molar-refractivity contribution in [1.82, 2.24) is 15.6 Å². The SMILES string of the molecule is CC(C)(C)c1nc(CC(=O)NC2CCCNC2)cs1. The van der Waals surface area contributed by atoms with Gasteiger partial charge in [-0.05, 0) is 19.4 Å². The van der Waals surface area contributed by atoms with Gasteiger partial charge in [-0.25, -0.2) is 4.98 Å². The number of hydrogen-bond donors (Lipinski definition) is 2. The van der Waals surface area contributed by atoms with Crippen LogP contribution in [0, 0.1) is 0 Å². The lowest BCUT2D eigenvalue weighted by molar-refractivity contribution is -0.121. The molecule has 4 nitrogen and oxygen atoms in total. The average Bonchev–Trinajstić information content (AvgIpc) is 2.78. The third kappa shape index (κ3) is 4.28. The Morgan fingerprint density at radius 1 is 1.58 bits per heavy atom. The van der Waals surface area contributed by atoms with Crippen molar-refractivity contribution in [1.29, 1.82) is 0 Å². The Balaban J connectivity index is 1.86. The van der Waals surface area contributed by atoms with Gasteiger partial charge in [0.15, 0.2) is 0 Å². The van der Waals surface area contributed by atoms with Gasteiger partial charge in [0.2, 0.25) is 5.91 Å². The minimum Gasteiger partial charge on any atom is -0.352 e. The van der Waals surface area contributed by atoms with E-state index >= 15 is 0 Å². The largest absolute Gasteiger partial charge is 0.352 e. The lowest BCUT2D eigenvalue weighted by atomic mass is 9.98. The van der Waals surface area contributed by atoms with Crippen LogP contribution in [0.15, 0.2) is 5.38 Å². The second-order valence-corrected chi connectivity index (χ2v) is 7.04. The Kier molecular flexibility index (Phi) is 4.58. The summed E-state index contributed by atoms with van der Waals surface area (Å²) in [5.41, 5.74) is 0.948. The highest BCUT2D eigenvalue weighted by Crippen LogP contribution is 2.25. The van der Waals surface area contributed by atoms with Crippen LogP contribution in [0.2, 0.25) is 0 Å². The summed E-state index contributed by atoms with van der Waals surface area (Å²) in [5, 5.41) is 9.47. The van der Waals surface area contributed by atoms with Crippen LogP contribution in [0.1, 0.15) is 44.3 Å². The van der Waals surface area contributed by atoms with Gasteiger partial charge in [-0.1, -0.05) is 20.8 Å². The molecule has 1 aromatic rings. The summed E-state index contributed by atoms with van der Waals surface area (Å²) in [6.07, 6.45) is 2.60. The lowest BCUT2D eigenvalue weighted by Crippen LogP contribution is -2.46. The van der Waals surface area contributed by atoms with Gasteiger partial charge in [-0.3, -0.25) is 4.79 Å². The first-order valence-electron chi connectivity index (χ1n) is 6.90. The number of nitrogens with zero attached hydrogens (tertiary/aromatic N) is 1. The number of rotatable bonds is 3. The van der Waals surface area contributed by atoms with Crippen molar-refractivity contribution in [3.8, 4) is 0 Å². The number of carbonyl (C=O) groups excluding carboxylic acids is 1. The molecule has 0 radical (unpaired) electrons. The summed E-state index contributed by atoms with van der Waals surface area (Å²) in [4.78, 5) is 16.5. The van der Waals surface area contributed by atoms with E-state index in [9.17, 15) is 4.79 Å². The van der Waals surface area contributed by atoms with Gasteiger partial charge in [0, 0.05) is 23.4 Å². The van der Waals surface area contributed by atoms with E-state index in [2.05, 4.69) is 36.4 Å². The fraction of sp³-hybridized carbons (Fsp3) is 0.714. The van der Waals surface area contributed by atoms with Crippen LogP contribution < -0.4 is 10.6 Å². The molecule has 0 spiro atoms. The second-order valence-electron chi connectivity index (χ2n) is 6.18. The zero-order valence-electron chi connectivity index (χ0n) is 12.0. The molecule has 0 bridgehead atoms. The number of thiazole rings is 1. The maximum Gasteiger partial charge on any atom is 0.226 e. The van der Waals surface area contributed by atoms with Crippen molar-refractivity contribution in [2.45, 2.75) is 51.5 Å². The molecule has 106 valence electrons. The maximum absolute atomic E-state index is 12.0. The van der Waals surface area contributed by atoms with E-state index in [1.54, 1.807) is 11.3 Å². The van der Waals surface area contributed by atoms with E-state index in [0.717, 1.165) is 36.6 Å². The standard InChI is InChI=1S/C14H23N3OS/c1-14(2,3)13-17-11(9-19-13)7-12(18)16-10-5-4-6-15-8-10/h9-10,15H,4-8H2,1-3H3,(H,16,18). The Hall–Kier alpha value is -0.940. The quantitative estimate of drug-likeness (QED) is 0.889. The van der Waals surface area contributed by atoms with Gasteiger partial charge < -0.3 is 10.6 Å². The van der Waals surface area contributed by atoms with Crippen LogP contribution in [0.3, 0.4) is 0 Å². The number of nitrogens with one attached hydrogen (secondary N) is 2. The second kappa shape index (κ2) is 6.01. The number of piperidine rings is 1. The predicted octanol–water partition coefficient (Wildman–Crippen LogP) is 1.85. The molecule has 0 saturated carbocycles. The summed E-state index contributed by atoms with van der Waals surface area (Å²) < 4.78 is 0. The van der Waals surface area contributed by atoms with Gasteiger partial charge in [0.05, 0.1) is 17.1 Å². The van der Waals surface area contributed by atoms with Crippen molar-refractivity contribution < 1.29 is 4.79 Å². The molecule has 5 heteroatoms. The Morgan fingerprint density at radius 2 is 2.37 bits per heavy atom. The van der Waals surface area contributed by atoms with Gasteiger partial charge >= 0.3 is 0 Å². The average molecular weight is 281 g/mol. The van der Waals surface area contributed by atoms with E-state index in [0.29, 0.717) is 6.42 Å². The summed E-state index contributed by atoms with van der Waals surface area (Å²) in [7, 11) is 0. The molecule has 1 amide bonds. The molecular weight excluding hydrogens is 258 g/mol. The van der Waals surface area contributed by atoms with Crippen LogP contribution in [0.25, 0.3) is 0 Å². The van der Waals surface area contributed by atoms with Gasteiger partial charge in [-0.2, -0.15) is 0 Å². The van der Waals surface area contributed by atoms with Crippen LogP contribution in [-0.2, 0) is 16.6 Å². The van der Waals surface area contributed by atoms with E-state index < -0.39 is 0 Å². The number of aromatic nitrogens is 1. The summed E-state index contributed by atoms with van der Waals surface area (Å²) >= 11 is 1.64. The molecule has 0 aromatic carbocycles. The van der Waals surface area contributed by atoms with E-state index in [-0.39, 0.29) is 17.4 Å². The fourth-order valence-corrected chi connectivity index (χ4v) is 3.06. The van der Waals surface area contributed by atoms with Crippen LogP contribution in [0.4, 0.5) is 0 Å². The molecule has 0 aliphatic carbocycles.